The topological polar surface area (TPSA) is 12.0 Å². The molecule has 1 nitrogen and oxygen atoms in total. The van der Waals surface area contributed by atoms with Gasteiger partial charge in [0.25, 0.3) is 0 Å². The molecule has 2 rings (SSSR count). The van der Waals surface area contributed by atoms with Crippen molar-refractivity contribution in [3.8, 4) is 0 Å². The fourth-order valence-corrected chi connectivity index (χ4v) is 2.86. The summed E-state index contributed by atoms with van der Waals surface area (Å²) in [5.41, 5.74) is 2.31. The molecular formula is C17H18Cl3N. The third-order valence-corrected chi connectivity index (χ3v) is 4.53. The second kappa shape index (κ2) is 7.51. The minimum absolute atomic E-state index is 0.197. The van der Waals surface area contributed by atoms with Crippen molar-refractivity contribution in [2.75, 3.05) is 0 Å². The van der Waals surface area contributed by atoms with Crippen molar-refractivity contribution >= 4 is 34.8 Å². The highest BCUT2D eigenvalue weighted by Crippen LogP contribution is 2.29. The summed E-state index contributed by atoms with van der Waals surface area (Å²) in [6.07, 6.45) is 0.961. The smallest absolute Gasteiger partial charge is 0.0595 e. The molecule has 0 saturated carbocycles. The third kappa shape index (κ3) is 4.37. The zero-order chi connectivity index (χ0) is 15.4. The first kappa shape index (κ1) is 16.6. The van der Waals surface area contributed by atoms with Crippen LogP contribution in [0.25, 0.3) is 0 Å². The predicted molar refractivity (Wildman–Crippen MR) is 92.5 cm³/mol. The molecule has 2 atom stereocenters. The van der Waals surface area contributed by atoms with E-state index < -0.39 is 0 Å². The van der Waals surface area contributed by atoms with Crippen LogP contribution >= 0.6 is 34.8 Å². The zero-order valence-electron chi connectivity index (χ0n) is 12.0. The van der Waals surface area contributed by atoms with E-state index in [-0.39, 0.29) is 12.1 Å². The molecular weight excluding hydrogens is 325 g/mol. The van der Waals surface area contributed by atoms with Crippen molar-refractivity contribution in [2.45, 2.75) is 32.4 Å². The van der Waals surface area contributed by atoms with E-state index in [0.29, 0.717) is 10.0 Å². The normalized spacial score (nSPS) is 14.0. The van der Waals surface area contributed by atoms with Crippen LogP contribution in [0, 0.1) is 0 Å². The highest BCUT2D eigenvalue weighted by Gasteiger charge is 2.15. The van der Waals surface area contributed by atoms with Crippen LogP contribution in [0.15, 0.2) is 42.5 Å². The standard InChI is InChI=1S/C17H18Cl3N/c1-3-17(13-7-8-15(19)16(20)10-13)21-11(2)12-5-4-6-14(18)9-12/h4-11,17,21H,3H2,1-2H3/t11-,17?/m1/s1. The molecule has 21 heavy (non-hydrogen) atoms. The maximum Gasteiger partial charge on any atom is 0.0595 e. The van der Waals surface area contributed by atoms with Crippen LogP contribution in [0.3, 0.4) is 0 Å². The van der Waals surface area contributed by atoms with E-state index in [4.69, 9.17) is 34.8 Å². The molecule has 0 spiro atoms. The van der Waals surface area contributed by atoms with E-state index in [1.807, 2.05) is 36.4 Å². The van der Waals surface area contributed by atoms with Gasteiger partial charge in [0.05, 0.1) is 10.0 Å². The van der Waals surface area contributed by atoms with Crippen LogP contribution in [-0.2, 0) is 0 Å². The SMILES string of the molecule is CCC(N[C@H](C)c1cccc(Cl)c1)c1ccc(Cl)c(Cl)c1. The molecule has 0 bridgehead atoms. The fraction of sp³-hybridized carbons (Fsp3) is 0.294. The Morgan fingerprint density at radius 3 is 2.33 bits per heavy atom. The second-order valence-corrected chi connectivity index (χ2v) is 6.33. The molecule has 4 heteroatoms. The van der Waals surface area contributed by atoms with Gasteiger partial charge in [-0.2, -0.15) is 0 Å². The number of hydrogen-bond donors (Lipinski definition) is 1. The average molecular weight is 343 g/mol. The number of hydrogen-bond acceptors (Lipinski definition) is 1. The van der Waals surface area contributed by atoms with Crippen molar-refractivity contribution < 1.29 is 0 Å². The molecule has 0 amide bonds. The third-order valence-electron chi connectivity index (χ3n) is 3.55. The lowest BCUT2D eigenvalue weighted by atomic mass is 10.0. The van der Waals surface area contributed by atoms with Crippen LogP contribution in [0.5, 0.6) is 0 Å². The Morgan fingerprint density at radius 2 is 1.71 bits per heavy atom. The van der Waals surface area contributed by atoms with E-state index in [1.165, 1.54) is 5.56 Å². The molecule has 2 aromatic rings. The number of benzene rings is 2. The number of nitrogens with one attached hydrogen (secondary N) is 1. The van der Waals surface area contributed by atoms with Crippen molar-refractivity contribution in [1.82, 2.24) is 5.32 Å². The predicted octanol–water partition coefficient (Wildman–Crippen LogP) is 6.45. The average Bonchev–Trinajstić information content (AvgIpc) is 2.47. The lowest BCUT2D eigenvalue weighted by molar-refractivity contribution is 0.456. The molecule has 0 heterocycles. The summed E-state index contributed by atoms with van der Waals surface area (Å²) in [5.74, 6) is 0. The summed E-state index contributed by atoms with van der Waals surface area (Å²) >= 11 is 18.1. The van der Waals surface area contributed by atoms with Crippen LogP contribution in [-0.4, -0.2) is 0 Å². The Balaban J connectivity index is 2.16. The van der Waals surface area contributed by atoms with Gasteiger partial charge in [0.15, 0.2) is 0 Å². The molecule has 0 radical (unpaired) electrons. The van der Waals surface area contributed by atoms with Crippen molar-refractivity contribution in [3.05, 3.63) is 68.7 Å². The first-order valence-electron chi connectivity index (χ1n) is 6.97. The highest BCUT2D eigenvalue weighted by molar-refractivity contribution is 6.42. The maximum absolute atomic E-state index is 6.11. The van der Waals surface area contributed by atoms with Crippen LogP contribution in [0.1, 0.15) is 43.5 Å². The summed E-state index contributed by atoms with van der Waals surface area (Å²) < 4.78 is 0. The number of rotatable bonds is 5. The quantitative estimate of drug-likeness (QED) is 0.658. The van der Waals surface area contributed by atoms with E-state index in [0.717, 1.165) is 17.0 Å². The molecule has 1 unspecified atom stereocenters. The molecule has 0 aliphatic rings. The Kier molecular flexibility index (Phi) is 5.95. The first-order valence-corrected chi connectivity index (χ1v) is 8.11. The summed E-state index contributed by atoms with van der Waals surface area (Å²) in [6.45, 7) is 4.27. The maximum atomic E-state index is 6.11. The molecule has 112 valence electrons. The van der Waals surface area contributed by atoms with Crippen LogP contribution in [0.4, 0.5) is 0 Å². The Labute approximate surface area is 141 Å². The van der Waals surface area contributed by atoms with Gasteiger partial charge in [-0.1, -0.05) is 59.9 Å². The fourth-order valence-electron chi connectivity index (χ4n) is 2.35. The minimum Gasteiger partial charge on any atom is -0.303 e. The Morgan fingerprint density at radius 1 is 0.952 bits per heavy atom. The van der Waals surface area contributed by atoms with Gasteiger partial charge in [-0.15, -0.1) is 0 Å². The second-order valence-electron chi connectivity index (χ2n) is 5.08. The van der Waals surface area contributed by atoms with Gasteiger partial charge in [-0.3, -0.25) is 0 Å². The van der Waals surface area contributed by atoms with E-state index >= 15 is 0 Å². The summed E-state index contributed by atoms with van der Waals surface area (Å²) in [4.78, 5) is 0. The van der Waals surface area contributed by atoms with Gasteiger partial charge in [-0.25, -0.2) is 0 Å². The molecule has 0 aromatic heterocycles. The largest absolute Gasteiger partial charge is 0.303 e. The van der Waals surface area contributed by atoms with Crippen molar-refractivity contribution in [2.24, 2.45) is 0 Å². The molecule has 2 aromatic carbocycles. The van der Waals surface area contributed by atoms with E-state index in [2.05, 4.69) is 25.2 Å². The number of halogens is 3. The summed E-state index contributed by atoms with van der Waals surface area (Å²) in [6, 6.07) is 14.1. The van der Waals surface area contributed by atoms with Gasteiger partial charge in [0.1, 0.15) is 0 Å². The Bertz CT molecular complexity index is 613. The van der Waals surface area contributed by atoms with Crippen LogP contribution < -0.4 is 5.32 Å². The lowest BCUT2D eigenvalue weighted by Gasteiger charge is -2.23. The van der Waals surface area contributed by atoms with Gasteiger partial charge in [0, 0.05) is 17.1 Å². The van der Waals surface area contributed by atoms with Crippen molar-refractivity contribution in [3.63, 3.8) is 0 Å². The monoisotopic (exact) mass is 341 g/mol. The molecule has 0 fully saturated rings. The molecule has 1 N–H and O–H groups in total. The van der Waals surface area contributed by atoms with Gasteiger partial charge in [-0.05, 0) is 48.7 Å². The molecule has 0 aliphatic carbocycles. The molecule has 0 aliphatic heterocycles. The van der Waals surface area contributed by atoms with E-state index in [1.54, 1.807) is 0 Å². The Hall–Kier alpha value is -0.730. The van der Waals surface area contributed by atoms with Gasteiger partial charge < -0.3 is 5.32 Å². The molecule has 0 saturated heterocycles. The minimum atomic E-state index is 0.197. The highest BCUT2D eigenvalue weighted by atomic mass is 35.5. The zero-order valence-corrected chi connectivity index (χ0v) is 14.3. The lowest BCUT2D eigenvalue weighted by Crippen LogP contribution is -2.24. The van der Waals surface area contributed by atoms with E-state index in [9.17, 15) is 0 Å². The first-order chi connectivity index (χ1) is 10.0. The summed E-state index contributed by atoms with van der Waals surface area (Å²) in [7, 11) is 0. The van der Waals surface area contributed by atoms with Crippen molar-refractivity contribution in [1.29, 1.82) is 0 Å². The van der Waals surface area contributed by atoms with Gasteiger partial charge >= 0.3 is 0 Å². The van der Waals surface area contributed by atoms with Gasteiger partial charge in [0.2, 0.25) is 0 Å². The summed E-state index contributed by atoms with van der Waals surface area (Å²) in [5, 5.41) is 5.54. The van der Waals surface area contributed by atoms with Crippen LogP contribution in [0.2, 0.25) is 15.1 Å².